The molecule has 0 saturated carbocycles. The number of hydrogen-bond donors (Lipinski definition) is 1. The van der Waals surface area contributed by atoms with E-state index >= 15 is 0 Å². The Bertz CT molecular complexity index is 1030. The van der Waals surface area contributed by atoms with Crippen LogP contribution in [-0.2, 0) is 17.8 Å². The van der Waals surface area contributed by atoms with E-state index < -0.39 is 0 Å². The molecule has 0 aliphatic carbocycles. The number of anilines is 1. The highest BCUT2D eigenvalue weighted by atomic mass is 35.5. The number of methoxy groups -OCH3 is 2. The highest BCUT2D eigenvalue weighted by Gasteiger charge is 2.15. The predicted molar refractivity (Wildman–Crippen MR) is 119 cm³/mol. The summed E-state index contributed by atoms with van der Waals surface area (Å²) >= 11 is 7.43. The second-order valence-corrected chi connectivity index (χ2v) is 7.68. The van der Waals surface area contributed by atoms with Crippen LogP contribution in [0.15, 0.2) is 47.6 Å². The number of carbonyl (C=O) groups excluding carboxylic acids is 1. The lowest BCUT2D eigenvalue weighted by Crippen LogP contribution is -2.15. The van der Waals surface area contributed by atoms with E-state index in [1.54, 1.807) is 26.4 Å². The van der Waals surface area contributed by atoms with Crippen LogP contribution in [-0.4, -0.2) is 40.6 Å². The number of ether oxygens (including phenoxy) is 2. The molecule has 0 aliphatic heterocycles. The first-order valence-corrected chi connectivity index (χ1v) is 10.7. The van der Waals surface area contributed by atoms with Gasteiger partial charge in [-0.1, -0.05) is 41.6 Å². The fourth-order valence-electron chi connectivity index (χ4n) is 2.93. The summed E-state index contributed by atoms with van der Waals surface area (Å²) in [5.41, 5.74) is 1.62. The minimum Gasteiger partial charge on any atom is -0.493 e. The van der Waals surface area contributed by atoms with Gasteiger partial charge in [0, 0.05) is 13.0 Å². The van der Waals surface area contributed by atoms with Gasteiger partial charge in [-0.05, 0) is 36.8 Å². The van der Waals surface area contributed by atoms with Crippen LogP contribution in [0.1, 0.15) is 18.3 Å². The smallest absolute Gasteiger partial charge is 0.234 e. The first kappa shape index (κ1) is 22.0. The van der Waals surface area contributed by atoms with Gasteiger partial charge in [0.25, 0.3) is 0 Å². The molecule has 0 fully saturated rings. The third-order valence-corrected chi connectivity index (χ3v) is 5.70. The number of hydrogen-bond acceptors (Lipinski definition) is 6. The first-order chi connectivity index (χ1) is 14.5. The Hall–Kier alpha value is -2.71. The highest BCUT2D eigenvalue weighted by Crippen LogP contribution is 2.29. The molecule has 9 heteroatoms. The average molecular weight is 447 g/mol. The molecule has 0 unspecified atom stereocenters. The van der Waals surface area contributed by atoms with E-state index in [-0.39, 0.29) is 11.7 Å². The summed E-state index contributed by atoms with van der Waals surface area (Å²) in [5.74, 6) is 2.22. The van der Waals surface area contributed by atoms with Crippen molar-refractivity contribution in [1.29, 1.82) is 0 Å². The van der Waals surface area contributed by atoms with Crippen molar-refractivity contribution < 1.29 is 14.3 Å². The second kappa shape index (κ2) is 10.4. The number of para-hydroxylation sites is 1. The van der Waals surface area contributed by atoms with Gasteiger partial charge in [-0.2, -0.15) is 0 Å². The lowest BCUT2D eigenvalue weighted by Gasteiger charge is -2.11. The minimum atomic E-state index is -0.153. The Labute approximate surface area is 184 Å². The van der Waals surface area contributed by atoms with Gasteiger partial charge in [0.2, 0.25) is 5.91 Å². The molecular weight excluding hydrogens is 424 g/mol. The Morgan fingerprint density at radius 3 is 2.60 bits per heavy atom. The molecule has 0 radical (unpaired) electrons. The van der Waals surface area contributed by atoms with Crippen molar-refractivity contribution in [3.8, 4) is 11.5 Å². The van der Waals surface area contributed by atoms with Crippen LogP contribution in [0.4, 0.5) is 5.69 Å². The Morgan fingerprint density at radius 1 is 1.13 bits per heavy atom. The maximum atomic E-state index is 12.3. The maximum Gasteiger partial charge on any atom is 0.234 e. The van der Waals surface area contributed by atoms with Crippen molar-refractivity contribution >= 4 is 35.0 Å². The molecular formula is C21H23ClN4O3S. The highest BCUT2D eigenvalue weighted by molar-refractivity contribution is 7.99. The summed E-state index contributed by atoms with van der Waals surface area (Å²) in [5, 5.41) is 12.6. The minimum absolute atomic E-state index is 0.153. The zero-order chi connectivity index (χ0) is 21.5. The fraction of sp³-hybridized carbons (Fsp3) is 0.286. The van der Waals surface area contributed by atoms with Crippen LogP contribution < -0.4 is 14.8 Å². The van der Waals surface area contributed by atoms with Crippen molar-refractivity contribution in [2.75, 3.05) is 25.3 Å². The summed E-state index contributed by atoms with van der Waals surface area (Å²) in [6.45, 7) is 2.72. The van der Waals surface area contributed by atoms with Crippen molar-refractivity contribution in [1.82, 2.24) is 14.8 Å². The topological polar surface area (TPSA) is 78.3 Å². The van der Waals surface area contributed by atoms with Crippen LogP contribution in [0.3, 0.4) is 0 Å². The SMILES string of the molecule is CCn1c(Cc2ccc(OC)c(OC)c2)nnc1SCC(=O)Nc1ccccc1Cl. The van der Waals surface area contributed by atoms with E-state index in [0.717, 1.165) is 11.4 Å². The quantitative estimate of drug-likeness (QED) is 0.494. The molecule has 30 heavy (non-hydrogen) atoms. The normalized spacial score (nSPS) is 10.7. The number of nitrogens with one attached hydrogen (secondary N) is 1. The van der Waals surface area contributed by atoms with Crippen molar-refractivity contribution in [2.24, 2.45) is 0 Å². The number of halogens is 1. The molecule has 1 aromatic heterocycles. The number of thioether (sulfide) groups is 1. The zero-order valence-electron chi connectivity index (χ0n) is 17.0. The molecule has 3 aromatic rings. The Kier molecular flexibility index (Phi) is 7.59. The van der Waals surface area contributed by atoms with Crippen molar-refractivity contribution in [3.05, 3.63) is 58.9 Å². The van der Waals surface area contributed by atoms with Gasteiger partial charge in [-0.25, -0.2) is 0 Å². The first-order valence-electron chi connectivity index (χ1n) is 9.35. The molecule has 0 saturated heterocycles. The lowest BCUT2D eigenvalue weighted by atomic mass is 10.1. The number of benzene rings is 2. The van der Waals surface area contributed by atoms with E-state index in [2.05, 4.69) is 15.5 Å². The summed E-state index contributed by atoms with van der Waals surface area (Å²) in [4.78, 5) is 12.3. The molecule has 1 heterocycles. The van der Waals surface area contributed by atoms with Gasteiger partial charge in [-0.3, -0.25) is 4.79 Å². The molecule has 158 valence electrons. The van der Waals surface area contributed by atoms with E-state index in [1.807, 2.05) is 41.8 Å². The monoisotopic (exact) mass is 446 g/mol. The maximum absolute atomic E-state index is 12.3. The van der Waals surface area contributed by atoms with E-state index in [0.29, 0.717) is 40.3 Å². The molecule has 1 N–H and O–H groups in total. The molecule has 2 aromatic carbocycles. The standard InChI is InChI=1S/C21H23ClN4O3S/c1-4-26-19(12-14-9-10-17(28-2)18(11-14)29-3)24-25-21(26)30-13-20(27)23-16-8-6-5-7-15(16)22/h5-11H,4,12-13H2,1-3H3,(H,23,27). The number of nitrogens with zero attached hydrogens (tertiary/aromatic N) is 3. The van der Waals surface area contributed by atoms with Crippen LogP contribution in [0.5, 0.6) is 11.5 Å². The molecule has 3 rings (SSSR count). The second-order valence-electron chi connectivity index (χ2n) is 6.33. The summed E-state index contributed by atoms with van der Waals surface area (Å²) in [6.07, 6.45) is 0.591. The van der Waals surface area contributed by atoms with Gasteiger partial charge in [-0.15, -0.1) is 10.2 Å². The van der Waals surface area contributed by atoms with Gasteiger partial charge < -0.3 is 19.4 Å². The third-order valence-electron chi connectivity index (χ3n) is 4.40. The molecule has 0 atom stereocenters. The lowest BCUT2D eigenvalue weighted by molar-refractivity contribution is -0.113. The Balaban J connectivity index is 1.67. The molecule has 0 bridgehead atoms. The fourth-order valence-corrected chi connectivity index (χ4v) is 3.93. The van der Waals surface area contributed by atoms with Crippen LogP contribution >= 0.6 is 23.4 Å². The van der Waals surface area contributed by atoms with E-state index in [1.165, 1.54) is 11.8 Å². The number of amides is 1. The van der Waals surface area contributed by atoms with Gasteiger partial charge in [0.05, 0.1) is 30.7 Å². The van der Waals surface area contributed by atoms with Crippen molar-refractivity contribution in [2.45, 2.75) is 25.0 Å². The number of aromatic nitrogens is 3. The van der Waals surface area contributed by atoms with Crippen LogP contribution in [0.25, 0.3) is 0 Å². The number of carbonyl (C=O) groups is 1. The molecule has 1 amide bonds. The summed E-state index contributed by atoms with van der Waals surface area (Å²) in [7, 11) is 3.22. The van der Waals surface area contributed by atoms with Crippen LogP contribution in [0, 0.1) is 0 Å². The summed E-state index contributed by atoms with van der Waals surface area (Å²) < 4.78 is 12.7. The third kappa shape index (κ3) is 5.25. The number of rotatable bonds is 9. The van der Waals surface area contributed by atoms with Gasteiger partial charge >= 0.3 is 0 Å². The largest absolute Gasteiger partial charge is 0.493 e. The average Bonchev–Trinajstić information content (AvgIpc) is 3.15. The zero-order valence-corrected chi connectivity index (χ0v) is 18.6. The molecule has 0 spiro atoms. The van der Waals surface area contributed by atoms with Gasteiger partial charge in [0.15, 0.2) is 16.7 Å². The van der Waals surface area contributed by atoms with Gasteiger partial charge in [0.1, 0.15) is 5.82 Å². The molecule has 7 nitrogen and oxygen atoms in total. The van der Waals surface area contributed by atoms with E-state index in [9.17, 15) is 4.79 Å². The van der Waals surface area contributed by atoms with Crippen molar-refractivity contribution in [3.63, 3.8) is 0 Å². The predicted octanol–water partition coefficient (Wildman–Crippen LogP) is 4.29. The Morgan fingerprint density at radius 2 is 1.90 bits per heavy atom. The van der Waals surface area contributed by atoms with Crippen LogP contribution in [0.2, 0.25) is 5.02 Å². The summed E-state index contributed by atoms with van der Waals surface area (Å²) in [6, 6.07) is 12.9. The molecule has 0 aliphatic rings. The van der Waals surface area contributed by atoms with E-state index in [4.69, 9.17) is 21.1 Å².